The zero-order valence-corrected chi connectivity index (χ0v) is 20.3. The first-order valence-electron chi connectivity index (χ1n) is 11.0. The summed E-state index contributed by atoms with van der Waals surface area (Å²) in [6.45, 7) is 2.00. The Labute approximate surface area is 209 Å². The van der Waals surface area contributed by atoms with E-state index >= 15 is 0 Å². The quantitative estimate of drug-likeness (QED) is 0.482. The molecule has 2 aliphatic heterocycles. The number of aromatic nitrogens is 1. The number of ether oxygens (including phenoxy) is 1. The number of carboxylic acid groups (broad SMARTS) is 1. The van der Waals surface area contributed by atoms with Crippen LogP contribution >= 0.6 is 22.9 Å². The van der Waals surface area contributed by atoms with E-state index in [9.17, 15) is 18.4 Å². The summed E-state index contributed by atoms with van der Waals surface area (Å²) >= 11 is 7.69. The molecule has 2 aliphatic rings. The number of benzene rings is 1. The van der Waals surface area contributed by atoms with Crippen molar-refractivity contribution in [3.8, 4) is 0 Å². The highest BCUT2D eigenvalue weighted by molar-refractivity contribution is 7.11. The summed E-state index contributed by atoms with van der Waals surface area (Å²) in [5.41, 5.74) is 0.986. The number of carbonyl (C=O) groups is 2. The van der Waals surface area contributed by atoms with E-state index in [0.29, 0.717) is 22.1 Å². The molecule has 0 amide bonds. The number of amidine groups is 1. The average molecular weight is 525 g/mol. The van der Waals surface area contributed by atoms with Crippen molar-refractivity contribution in [1.82, 2.24) is 15.2 Å². The molecule has 35 heavy (non-hydrogen) atoms. The maximum absolute atomic E-state index is 14.3. The van der Waals surface area contributed by atoms with Crippen molar-refractivity contribution in [2.75, 3.05) is 19.7 Å². The molecule has 12 heteroatoms. The van der Waals surface area contributed by atoms with Crippen molar-refractivity contribution < 1.29 is 28.2 Å². The van der Waals surface area contributed by atoms with Crippen LogP contribution in [0, 0.1) is 5.82 Å². The number of alkyl halides is 1. The first kappa shape index (κ1) is 25.2. The first-order chi connectivity index (χ1) is 16.8. The molecule has 2 unspecified atom stereocenters. The maximum atomic E-state index is 14.3. The van der Waals surface area contributed by atoms with Gasteiger partial charge in [-0.15, -0.1) is 11.3 Å². The van der Waals surface area contributed by atoms with Gasteiger partial charge in [-0.1, -0.05) is 17.7 Å². The van der Waals surface area contributed by atoms with Gasteiger partial charge >= 0.3 is 11.9 Å². The number of hydrogen-bond donors (Lipinski definition) is 2. The third-order valence-electron chi connectivity index (χ3n) is 5.82. The number of thiazole rings is 1. The Hall–Kier alpha value is -2.89. The largest absolute Gasteiger partial charge is 0.481 e. The smallest absolute Gasteiger partial charge is 0.338 e. The summed E-state index contributed by atoms with van der Waals surface area (Å²) < 4.78 is 33.4. The lowest BCUT2D eigenvalue weighted by atomic mass is 9.92. The molecule has 1 saturated heterocycles. The molecule has 2 N–H and O–H groups in total. The summed E-state index contributed by atoms with van der Waals surface area (Å²) in [5.74, 6) is -1.79. The van der Waals surface area contributed by atoms with Crippen molar-refractivity contribution >= 4 is 40.7 Å². The number of aliphatic imine (C=N–C) groups is 1. The highest BCUT2D eigenvalue weighted by Gasteiger charge is 2.42. The fraction of sp³-hybridized carbons (Fsp3) is 0.391. The Bertz CT molecular complexity index is 1170. The van der Waals surface area contributed by atoms with E-state index in [-0.39, 0.29) is 43.1 Å². The van der Waals surface area contributed by atoms with Crippen molar-refractivity contribution in [3.63, 3.8) is 0 Å². The number of esters is 1. The SMILES string of the molecule is CCOC(=O)C1=C(CN2CC(F)C2CCC(=O)O)NC(c2nccs2)=N[C@H]1c1ccc(F)cc1Cl. The van der Waals surface area contributed by atoms with E-state index in [1.54, 1.807) is 23.4 Å². The predicted octanol–water partition coefficient (Wildman–Crippen LogP) is 3.73. The lowest BCUT2D eigenvalue weighted by molar-refractivity contribution is -0.139. The van der Waals surface area contributed by atoms with Gasteiger partial charge in [0.15, 0.2) is 10.8 Å². The normalized spacial score (nSPS) is 22.3. The highest BCUT2D eigenvalue weighted by atomic mass is 35.5. The van der Waals surface area contributed by atoms with E-state index in [2.05, 4.69) is 15.3 Å². The molecule has 0 spiro atoms. The molecule has 3 heterocycles. The van der Waals surface area contributed by atoms with Crippen LogP contribution in [-0.2, 0) is 14.3 Å². The van der Waals surface area contributed by atoms with Gasteiger partial charge in [-0.3, -0.25) is 14.7 Å². The van der Waals surface area contributed by atoms with Crippen molar-refractivity contribution in [2.24, 2.45) is 4.99 Å². The number of nitrogens with one attached hydrogen (secondary N) is 1. The molecule has 3 atom stereocenters. The van der Waals surface area contributed by atoms with Gasteiger partial charge in [0.25, 0.3) is 0 Å². The Morgan fingerprint density at radius 2 is 2.20 bits per heavy atom. The van der Waals surface area contributed by atoms with Gasteiger partial charge in [-0.25, -0.2) is 18.6 Å². The van der Waals surface area contributed by atoms with E-state index in [0.717, 1.165) is 6.07 Å². The van der Waals surface area contributed by atoms with Gasteiger partial charge in [0, 0.05) is 53.4 Å². The molecule has 0 radical (unpaired) electrons. The van der Waals surface area contributed by atoms with Crippen LogP contribution < -0.4 is 5.32 Å². The van der Waals surface area contributed by atoms with Crippen LogP contribution in [0.3, 0.4) is 0 Å². The molecule has 0 bridgehead atoms. The van der Waals surface area contributed by atoms with Crippen molar-refractivity contribution in [1.29, 1.82) is 0 Å². The van der Waals surface area contributed by atoms with E-state index in [4.69, 9.17) is 21.4 Å². The van der Waals surface area contributed by atoms with Crippen LogP contribution in [0.2, 0.25) is 5.02 Å². The maximum Gasteiger partial charge on any atom is 0.338 e. The van der Waals surface area contributed by atoms with E-state index in [1.807, 2.05) is 0 Å². The van der Waals surface area contributed by atoms with Gasteiger partial charge < -0.3 is 15.2 Å². The van der Waals surface area contributed by atoms with Gasteiger partial charge in [0.2, 0.25) is 0 Å². The van der Waals surface area contributed by atoms with Gasteiger partial charge in [-0.2, -0.15) is 0 Å². The summed E-state index contributed by atoms with van der Waals surface area (Å²) in [6.07, 6.45) is 0.413. The Morgan fingerprint density at radius 1 is 1.40 bits per heavy atom. The van der Waals surface area contributed by atoms with Crippen LogP contribution in [0.5, 0.6) is 0 Å². The Kier molecular flexibility index (Phi) is 7.78. The fourth-order valence-corrected chi connectivity index (χ4v) is 5.02. The molecule has 1 aromatic carbocycles. The number of halogens is 3. The van der Waals surface area contributed by atoms with E-state index < -0.39 is 36.0 Å². The minimum absolute atomic E-state index is 0.0902. The summed E-state index contributed by atoms with van der Waals surface area (Å²) in [5, 5.41) is 14.6. The van der Waals surface area contributed by atoms with Crippen LogP contribution in [-0.4, -0.2) is 64.7 Å². The number of rotatable bonds is 9. The number of carbonyl (C=O) groups excluding carboxylic acids is 1. The zero-order chi connectivity index (χ0) is 25.1. The number of carboxylic acids is 1. The summed E-state index contributed by atoms with van der Waals surface area (Å²) in [7, 11) is 0. The van der Waals surface area contributed by atoms with Crippen molar-refractivity contribution in [3.05, 3.63) is 62.5 Å². The standard InChI is InChI=1S/C23H23ClF2N4O4S/c1-2-34-23(33)19-16(11-30-10-15(26)17(30)5-6-18(31)32)28-21(22-27-7-8-35-22)29-20(19)13-4-3-12(25)9-14(13)24/h3-4,7-9,15,17,20H,2,5-6,10-11H2,1H3,(H,28,29)(H,31,32)/t15?,17?,20-/m0/s1. The fourth-order valence-electron chi connectivity index (χ4n) is 4.16. The molecular formula is C23H23ClF2N4O4S. The third-order valence-corrected chi connectivity index (χ3v) is 6.93. The molecule has 8 nitrogen and oxygen atoms in total. The first-order valence-corrected chi connectivity index (χ1v) is 12.2. The number of likely N-dealkylation sites (tertiary alicyclic amines) is 1. The van der Waals surface area contributed by atoms with Crippen LogP contribution in [0.4, 0.5) is 8.78 Å². The van der Waals surface area contributed by atoms with Crippen LogP contribution in [0.25, 0.3) is 0 Å². The molecule has 0 saturated carbocycles. The topological polar surface area (TPSA) is 104 Å². The molecule has 186 valence electrons. The minimum atomic E-state index is -1.17. The van der Waals surface area contributed by atoms with Crippen molar-refractivity contribution in [2.45, 2.75) is 38.0 Å². The zero-order valence-electron chi connectivity index (χ0n) is 18.7. The monoisotopic (exact) mass is 524 g/mol. The number of aliphatic carboxylic acids is 1. The highest BCUT2D eigenvalue weighted by Crippen LogP contribution is 2.38. The van der Waals surface area contributed by atoms with Gasteiger partial charge in [0.05, 0.1) is 12.2 Å². The lowest BCUT2D eigenvalue weighted by Crippen LogP contribution is -2.59. The third kappa shape index (κ3) is 5.52. The lowest BCUT2D eigenvalue weighted by Gasteiger charge is -2.45. The molecule has 1 fully saturated rings. The number of nitrogens with zero attached hydrogens (tertiary/aromatic N) is 3. The van der Waals surface area contributed by atoms with E-state index in [1.165, 1.54) is 23.5 Å². The van der Waals surface area contributed by atoms with Gasteiger partial charge in [0.1, 0.15) is 18.0 Å². The molecule has 0 aliphatic carbocycles. The molecule has 2 aromatic rings. The summed E-state index contributed by atoms with van der Waals surface area (Å²) in [4.78, 5) is 34.9. The molecule has 1 aromatic heterocycles. The minimum Gasteiger partial charge on any atom is -0.481 e. The second-order valence-corrected chi connectivity index (χ2v) is 9.37. The Morgan fingerprint density at radius 3 is 2.83 bits per heavy atom. The second-order valence-electron chi connectivity index (χ2n) is 8.07. The number of hydrogen-bond acceptors (Lipinski definition) is 8. The molecule has 4 rings (SSSR count). The second kappa shape index (κ2) is 10.8. The van der Waals surface area contributed by atoms with Crippen LogP contribution in [0.15, 0.2) is 46.0 Å². The van der Waals surface area contributed by atoms with Gasteiger partial charge in [-0.05, 0) is 25.5 Å². The molecular weight excluding hydrogens is 502 g/mol. The average Bonchev–Trinajstić information content (AvgIpc) is 3.33. The predicted molar refractivity (Wildman–Crippen MR) is 127 cm³/mol. The Balaban J connectivity index is 1.76. The summed E-state index contributed by atoms with van der Waals surface area (Å²) in [6, 6.07) is 2.32. The van der Waals surface area contributed by atoms with Crippen LogP contribution in [0.1, 0.15) is 36.4 Å².